The summed E-state index contributed by atoms with van der Waals surface area (Å²) in [5, 5.41) is 17.7. The van der Waals surface area contributed by atoms with Crippen molar-refractivity contribution in [2.45, 2.75) is 19.0 Å². The van der Waals surface area contributed by atoms with Gasteiger partial charge in [-0.15, -0.1) is 0 Å². The van der Waals surface area contributed by atoms with E-state index in [0.717, 1.165) is 23.0 Å². The Bertz CT molecular complexity index is 1220. The molecular weight excluding hydrogens is 433 g/mol. The molecule has 1 aliphatic rings. The Hall–Kier alpha value is -3.72. The number of rotatable bonds is 5. The van der Waals surface area contributed by atoms with Crippen molar-refractivity contribution in [2.24, 2.45) is 0 Å². The van der Waals surface area contributed by atoms with Crippen LogP contribution in [0.2, 0.25) is 0 Å². The van der Waals surface area contributed by atoms with Gasteiger partial charge in [0.15, 0.2) is 10.9 Å². The topological polar surface area (TPSA) is 113 Å². The highest BCUT2D eigenvalue weighted by Crippen LogP contribution is 2.44. The van der Waals surface area contributed by atoms with E-state index < -0.39 is 23.6 Å². The lowest BCUT2D eigenvalue weighted by Crippen LogP contribution is -2.33. The van der Waals surface area contributed by atoms with Gasteiger partial charge in [-0.3, -0.25) is 10.1 Å². The molecule has 1 aromatic carbocycles. The van der Waals surface area contributed by atoms with E-state index in [0.29, 0.717) is 22.7 Å². The van der Waals surface area contributed by atoms with E-state index in [1.807, 2.05) is 0 Å². The van der Waals surface area contributed by atoms with E-state index in [4.69, 9.17) is 5.26 Å². The van der Waals surface area contributed by atoms with Crippen molar-refractivity contribution >= 4 is 28.3 Å². The largest absolute Gasteiger partial charge is 0.418 e. The van der Waals surface area contributed by atoms with Crippen LogP contribution in [0.25, 0.3) is 16.3 Å². The first kappa shape index (κ1) is 20.5. The van der Waals surface area contributed by atoms with Crippen molar-refractivity contribution in [1.82, 2.24) is 20.1 Å². The van der Waals surface area contributed by atoms with E-state index in [9.17, 15) is 22.8 Å². The maximum atomic E-state index is 13.5. The number of nitriles is 1. The summed E-state index contributed by atoms with van der Waals surface area (Å²) in [6.45, 7) is -0.296. The van der Waals surface area contributed by atoms with E-state index in [2.05, 4.69) is 20.7 Å². The van der Waals surface area contributed by atoms with E-state index in [1.54, 1.807) is 6.07 Å². The van der Waals surface area contributed by atoms with Crippen LogP contribution in [0.5, 0.6) is 0 Å². The Morgan fingerprint density at radius 1 is 1.29 bits per heavy atom. The van der Waals surface area contributed by atoms with Crippen LogP contribution >= 0.6 is 11.3 Å². The summed E-state index contributed by atoms with van der Waals surface area (Å²) >= 11 is 1.10. The van der Waals surface area contributed by atoms with Gasteiger partial charge in [-0.25, -0.2) is 14.5 Å². The van der Waals surface area contributed by atoms with Gasteiger partial charge >= 0.3 is 12.2 Å². The summed E-state index contributed by atoms with van der Waals surface area (Å²) in [5.41, 5.74) is 0.955. The number of ketones is 1. The molecular formula is C19H13F3N6O2S. The molecule has 0 fully saturated rings. The van der Waals surface area contributed by atoms with Gasteiger partial charge in [0.05, 0.1) is 52.7 Å². The molecule has 31 heavy (non-hydrogen) atoms. The first-order valence-electron chi connectivity index (χ1n) is 8.95. The molecule has 0 atom stereocenters. The summed E-state index contributed by atoms with van der Waals surface area (Å²) in [7, 11) is 0. The number of nitrogens with zero attached hydrogens (tertiary/aromatic N) is 4. The molecule has 0 bridgehead atoms. The minimum Gasteiger partial charge on any atom is -0.331 e. The molecule has 3 aromatic rings. The fourth-order valence-corrected chi connectivity index (χ4v) is 4.24. The number of carbonyl (C=O) groups is 2. The second-order valence-corrected chi connectivity index (χ2v) is 7.60. The number of benzene rings is 1. The summed E-state index contributed by atoms with van der Waals surface area (Å²) in [5.74, 6) is -0.434. The third kappa shape index (κ3) is 3.99. The highest BCUT2D eigenvalue weighted by atomic mass is 32.1. The number of aromatic nitrogens is 3. The van der Waals surface area contributed by atoms with Crippen molar-refractivity contribution in [3.8, 4) is 22.3 Å². The fourth-order valence-electron chi connectivity index (χ4n) is 3.20. The number of halogens is 3. The van der Waals surface area contributed by atoms with Crippen molar-refractivity contribution in [3.63, 3.8) is 0 Å². The molecule has 158 valence electrons. The van der Waals surface area contributed by atoms with Crippen molar-refractivity contribution < 1.29 is 22.8 Å². The van der Waals surface area contributed by atoms with Gasteiger partial charge < -0.3 is 5.32 Å². The lowest BCUT2D eigenvalue weighted by atomic mass is 10.1. The Labute approximate surface area is 177 Å². The van der Waals surface area contributed by atoms with Gasteiger partial charge in [-0.2, -0.15) is 23.5 Å². The van der Waals surface area contributed by atoms with E-state index in [-0.39, 0.29) is 23.8 Å². The molecule has 0 radical (unpaired) electrons. The zero-order valence-corrected chi connectivity index (χ0v) is 16.5. The number of nitrogens with one attached hydrogen (secondary N) is 2. The van der Waals surface area contributed by atoms with Crippen LogP contribution in [0.3, 0.4) is 0 Å². The van der Waals surface area contributed by atoms with Gasteiger partial charge in [-0.05, 0) is 12.1 Å². The van der Waals surface area contributed by atoms with Crippen LogP contribution in [-0.4, -0.2) is 33.1 Å². The maximum absolute atomic E-state index is 13.5. The van der Waals surface area contributed by atoms with Gasteiger partial charge in [0.1, 0.15) is 0 Å². The number of Topliss-reactive ketones (excluding diaryl/α,β-unsaturated/α-hetero) is 1. The molecule has 2 heterocycles. The number of hydrogen-bond donors (Lipinski definition) is 2. The van der Waals surface area contributed by atoms with E-state index in [1.165, 1.54) is 29.1 Å². The first-order valence-corrected chi connectivity index (χ1v) is 9.76. The molecule has 4 rings (SSSR count). The molecule has 2 amide bonds. The van der Waals surface area contributed by atoms with Gasteiger partial charge in [0.2, 0.25) is 0 Å². The van der Waals surface area contributed by atoms with Crippen molar-refractivity contribution in [2.75, 3.05) is 11.9 Å². The summed E-state index contributed by atoms with van der Waals surface area (Å²) in [6, 6.07) is 6.19. The number of amides is 2. The average Bonchev–Trinajstić information content (AvgIpc) is 3.37. The van der Waals surface area contributed by atoms with Crippen LogP contribution in [0.4, 0.5) is 23.1 Å². The number of hydrogen-bond acceptors (Lipinski definition) is 6. The zero-order chi connectivity index (χ0) is 22.2. The monoisotopic (exact) mass is 446 g/mol. The predicted octanol–water partition coefficient (Wildman–Crippen LogP) is 3.52. The third-order valence-corrected chi connectivity index (χ3v) is 5.52. The highest BCUT2D eigenvalue weighted by Gasteiger charge is 2.36. The molecule has 0 saturated heterocycles. The lowest BCUT2D eigenvalue weighted by Gasteiger charge is -2.14. The Kier molecular flexibility index (Phi) is 5.20. The quantitative estimate of drug-likeness (QED) is 0.487. The van der Waals surface area contributed by atoms with Crippen LogP contribution in [0.1, 0.15) is 23.2 Å². The summed E-state index contributed by atoms with van der Waals surface area (Å²) < 4.78 is 41.6. The van der Waals surface area contributed by atoms with Crippen LogP contribution in [0.15, 0.2) is 30.5 Å². The number of fused-ring (bicyclic) bond motifs is 3. The second kappa shape index (κ2) is 7.84. The summed E-state index contributed by atoms with van der Waals surface area (Å²) in [4.78, 5) is 28.2. The maximum Gasteiger partial charge on any atom is 0.418 e. The third-order valence-electron chi connectivity index (χ3n) is 4.50. The van der Waals surface area contributed by atoms with Gasteiger partial charge in [0.25, 0.3) is 0 Å². The molecule has 0 spiro atoms. The van der Waals surface area contributed by atoms with Crippen molar-refractivity contribution in [3.05, 3.63) is 47.3 Å². The molecule has 1 aliphatic carbocycles. The summed E-state index contributed by atoms with van der Waals surface area (Å²) in [6.07, 6.45) is -2.97. The Balaban J connectivity index is 1.59. The van der Waals surface area contributed by atoms with Crippen LogP contribution < -0.4 is 10.6 Å². The molecule has 0 saturated carbocycles. The lowest BCUT2D eigenvalue weighted by molar-refractivity contribution is -0.137. The SMILES string of the molecule is N#CCC(=O)CNC(=O)Nc1nc2c(s1)-c1c(cnn1-c1ccccc1C(F)(F)F)C2. The van der Waals surface area contributed by atoms with Crippen LogP contribution in [0, 0.1) is 11.3 Å². The molecule has 0 unspecified atom stereocenters. The Morgan fingerprint density at radius 3 is 2.81 bits per heavy atom. The molecule has 12 heteroatoms. The Morgan fingerprint density at radius 2 is 2.06 bits per heavy atom. The normalized spacial score (nSPS) is 12.1. The number of para-hydroxylation sites is 1. The van der Waals surface area contributed by atoms with Gasteiger partial charge in [0, 0.05) is 12.0 Å². The van der Waals surface area contributed by atoms with E-state index >= 15 is 0 Å². The average molecular weight is 446 g/mol. The number of anilines is 1. The fraction of sp³-hybridized carbons (Fsp3) is 0.211. The first-order chi connectivity index (χ1) is 14.8. The predicted molar refractivity (Wildman–Crippen MR) is 105 cm³/mol. The van der Waals surface area contributed by atoms with Gasteiger partial charge in [-0.1, -0.05) is 23.5 Å². The van der Waals surface area contributed by atoms with Crippen molar-refractivity contribution in [1.29, 1.82) is 5.26 Å². The highest BCUT2D eigenvalue weighted by molar-refractivity contribution is 7.19. The standard InChI is InChI=1S/C19H13F3N6O2S/c20-19(21,22)12-3-1-2-4-14(12)28-15-10(8-25-28)7-13-16(15)31-18(26-13)27-17(30)24-9-11(29)5-6-23/h1-4,8H,5,7,9H2,(H2,24,26,27,30). The minimum absolute atomic E-state index is 0.0965. The smallest absolute Gasteiger partial charge is 0.331 e. The molecule has 2 aromatic heterocycles. The number of alkyl halides is 3. The molecule has 2 N–H and O–H groups in total. The van der Waals surface area contributed by atoms with Crippen LogP contribution in [-0.2, 0) is 17.4 Å². The number of thiazole rings is 1. The second-order valence-electron chi connectivity index (χ2n) is 6.60. The number of urea groups is 1. The zero-order valence-electron chi connectivity index (χ0n) is 15.7. The number of carbonyl (C=O) groups excluding carboxylic acids is 2. The molecule has 8 nitrogen and oxygen atoms in total. The minimum atomic E-state index is -4.54. The molecule has 0 aliphatic heterocycles.